The summed E-state index contributed by atoms with van der Waals surface area (Å²) in [5, 5.41) is 2.76. The van der Waals surface area contributed by atoms with Crippen LogP contribution >= 0.6 is 0 Å². The van der Waals surface area contributed by atoms with Crippen LogP contribution in [0.5, 0.6) is 0 Å². The average Bonchev–Trinajstić information content (AvgIpc) is 2.15. The minimum atomic E-state index is -4.10. The van der Waals surface area contributed by atoms with Gasteiger partial charge in [-0.15, -0.1) is 0 Å². The first-order valence-corrected chi connectivity index (χ1v) is 5.60. The van der Waals surface area contributed by atoms with Gasteiger partial charge in [-0.05, 0) is 23.1 Å². The Labute approximate surface area is 100 Å². The molecule has 0 spiro atoms. The molecule has 0 unspecified atom stereocenters. The SMILES string of the molecule is CC(C)(C)c1ccc(NCCC(F)(F)F)cc1. The lowest BCUT2D eigenvalue weighted by Crippen LogP contribution is -2.15. The van der Waals surface area contributed by atoms with Gasteiger partial charge in [0.25, 0.3) is 0 Å². The highest BCUT2D eigenvalue weighted by atomic mass is 19.4. The largest absolute Gasteiger partial charge is 0.390 e. The third-order valence-corrected chi connectivity index (χ3v) is 2.49. The highest BCUT2D eigenvalue weighted by molar-refractivity contribution is 5.45. The van der Waals surface area contributed by atoms with Crippen molar-refractivity contribution in [1.82, 2.24) is 0 Å². The van der Waals surface area contributed by atoms with E-state index < -0.39 is 12.6 Å². The molecule has 96 valence electrons. The maximum Gasteiger partial charge on any atom is 0.390 e. The Morgan fingerprint density at radius 3 is 1.94 bits per heavy atom. The number of halogens is 3. The lowest BCUT2D eigenvalue weighted by atomic mass is 9.87. The van der Waals surface area contributed by atoms with E-state index in [0.717, 1.165) is 5.69 Å². The van der Waals surface area contributed by atoms with Gasteiger partial charge < -0.3 is 5.32 Å². The number of benzene rings is 1. The Balaban J connectivity index is 2.52. The van der Waals surface area contributed by atoms with Crippen molar-refractivity contribution in [2.75, 3.05) is 11.9 Å². The maximum absolute atomic E-state index is 11.9. The monoisotopic (exact) mass is 245 g/mol. The summed E-state index contributed by atoms with van der Waals surface area (Å²) in [6, 6.07) is 7.51. The Bertz CT molecular complexity index is 346. The average molecular weight is 245 g/mol. The molecule has 0 saturated carbocycles. The first-order valence-electron chi connectivity index (χ1n) is 5.60. The molecular formula is C13H18F3N. The molecule has 1 N–H and O–H groups in total. The summed E-state index contributed by atoms with van der Waals surface area (Å²) in [4.78, 5) is 0. The van der Waals surface area contributed by atoms with Gasteiger partial charge in [0, 0.05) is 12.2 Å². The van der Waals surface area contributed by atoms with Gasteiger partial charge in [0.1, 0.15) is 0 Å². The highest BCUT2D eigenvalue weighted by Gasteiger charge is 2.26. The quantitative estimate of drug-likeness (QED) is 0.834. The maximum atomic E-state index is 11.9. The summed E-state index contributed by atoms with van der Waals surface area (Å²) in [5.41, 5.74) is 1.95. The van der Waals surface area contributed by atoms with E-state index in [1.807, 2.05) is 24.3 Å². The minimum absolute atomic E-state index is 0.0600. The van der Waals surface area contributed by atoms with Gasteiger partial charge in [-0.3, -0.25) is 0 Å². The molecule has 1 aromatic carbocycles. The van der Waals surface area contributed by atoms with Crippen LogP contribution in [-0.4, -0.2) is 12.7 Å². The van der Waals surface area contributed by atoms with Crippen molar-refractivity contribution in [3.05, 3.63) is 29.8 Å². The van der Waals surface area contributed by atoms with Crippen molar-refractivity contribution in [1.29, 1.82) is 0 Å². The number of rotatable bonds is 3. The molecule has 0 aliphatic carbocycles. The topological polar surface area (TPSA) is 12.0 Å². The van der Waals surface area contributed by atoms with Crippen molar-refractivity contribution in [2.24, 2.45) is 0 Å². The van der Waals surface area contributed by atoms with E-state index in [1.54, 1.807) is 0 Å². The van der Waals surface area contributed by atoms with Gasteiger partial charge in [0.15, 0.2) is 0 Å². The summed E-state index contributed by atoms with van der Waals surface area (Å²) < 4.78 is 35.8. The first-order chi connectivity index (χ1) is 7.68. The van der Waals surface area contributed by atoms with E-state index in [0.29, 0.717) is 0 Å². The summed E-state index contributed by atoms with van der Waals surface area (Å²) in [6.45, 7) is 6.20. The number of hydrogen-bond acceptors (Lipinski definition) is 1. The molecule has 0 bridgehead atoms. The normalized spacial score (nSPS) is 12.6. The Kier molecular flexibility index (Phi) is 4.07. The van der Waals surface area contributed by atoms with Crippen LogP contribution < -0.4 is 5.32 Å². The lowest BCUT2D eigenvalue weighted by Gasteiger charge is -2.19. The lowest BCUT2D eigenvalue weighted by molar-refractivity contribution is -0.131. The molecule has 17 heavy (non-hydrogen) atoms. The second-order valence-electron chi connectivity index (χ2n) is 5.12. The summed E-state index contributed by atoms with van der Waals surface area (Å²) in [7, 11) is 0. The van der Waals surface area contributed by atoms with Crippen LogP contribution in [0.25, 0.3) is 0 Å². The summed E-state index contributed by atoms with van der Waals surface area (Å²) in [6.07, 6.45) is -4.91. The molecule has 0 aliphatic heterocycles. The molecule has 4 heteroatoms. The standard InChI is InChI=1S/C13H18F3N/c1-12(2,3)10-4-6-11(7-5-10)17-9-8-13(14,15)16/h4-7,17H,8-9H2,1-3H3. The molecule has 0 aromatic heterocycles. The van der Waals surface area contributed by atoms with Crippen LogP contribution in [0.15, 0.2) is 24.3 Å². The predicted octanol–water partition coefficient (Wildman–Crippen LogP) is 4.35. The van der Waals surface area contributed by atoms with E-state index >= 15 is 0 Å². The summed E-state index contributed by atoms with van der Waals surface area (Å²) in [5.74, 6) is 0. The Hall–Kier alpha value is -1.19. The molecule has 0 saturated heterocycles. The zero-order chi connectivity index (χ0) is 13.1. The molecule has 0 fully saturated rings. The Morgan fingerprint density at radius 1 is 1.00 bits per heavy atom. The highest BCUT2D eigenvalue weighted by Crippen LogP contribution is 2.24. The molecule has 0 atom stereocenters. The molecule has 1 rings (SSSR count). The van der Waals surface area contributed by atoms with E-state index in [1.165, 1.54) is 5.56 Å². The third kappa shape index (κ3) is 5.11. The van der Waals surface area contributed by atoms with Crippen LogP contribution in [-0.2, 0) is 5.41 Å². The number of alkyl halides is 3. The second kappa shape index (κ2) is 4.98. The molecule has 0 amide bonds. The zero-order valence-corrected chi connectivity index (χ0v) is 10.4. The van der Waals surface area contributed by atoms with Crippen LogP contribution in [0.3, 0.4) is 0 Å². The molecule has 1 aromatic rings. The van der Waals surface area contributed by atoms with Gasteiger partial charge in [-0.1, -0.05) is 32.9 Å². The fourth-order valence-corrected chi connectivity index (χ4v) is 1.44. The Morgan fingerprint density at radius 2 is 1.53 bits per heavy atom. The van der Waals surface area contributed by atoms with Crippen LogP contribution in [0.4, 0.5) is 18.9 Å². The molecule has 0 heterocycles. The third-order valence-electron chi connectivity index (χ3n) is 2.49. The van der Waals surface area contributed by atoms with Gasteiger partial charge in [0.05, 0.1) is 6.42 Å². The van der Waals surface area contributed by atoms with E-state index in [4.69, 9.17) is 0 Å². The number of hydrogen-bond donors (Lipinski definition) is 1. The van der Waals surface area contributed by atoms with Gasteiger partial charge in [-0.25, -0.2) is 0 Å². The van der Waals surface area contributed by atoms with Crippen LogP contribution in [0.2, 0.25) is 0 Å². The molecule has 1 nitrogen and oxygen atoms in total. The van der Waals surface area contributed by atoms with Gasteiger partial charge in [0.2, 0.25) is 0 Å². The van der Waals surface area contributed by atoms with Crippen molar-refractivity contribution in [3.8, 4) is 0 Å². The number of nitrogens with one attached hydrogen (secondary N) is 1. The van der Waals surface area contributed by atoms with E-state index in [-0.39, 0.29) is 12.0 Å². The smallest absolute Gasteiger partial charge is 0.385 e. The predicted molar refractivity (Wildman–Crippen MR) is 64.3 cm³/mol. The van der Waals surface area contributed by atoms with Crippen molar-refractivity contribution >= 4 is 5.69 Å². The number of anilines is 1. The fourth-order valence-electron chi connectivity index (χ4n) is 1.44. The zero-order valence-electron chi connectivity index (χ0n) is 10.4. The van der Waals surface area contributed by atoms with E-state index in [9.17, 15) is 13.2 Å². The molecular weight excluding hydrogens is 227 g/mol. The van der Waals surface area contributed by atoms with Crippen molar-refractivity contribution in [2.45, 2.75) is 38.8 Å². The first kappa shape index (κ1) is 13.9. The van der Waals surface area contributed by atoms with E-state index in [2.05, 4.69) is 26.1 Å². The molecule has 0 radical (unpaired) electrons. The van der Waals surface area contributed by atoms with Gasteiger partial charge in [-0.2, -0.15) is 13.2 Å². The minimum Gasteiger partial charge on any atom is -0.385 e. The van der Waals surface area contributed by atoms with Crippen molar-refractivity contribution < 1.29 is 13.2 Å². The van der Waals surface area contributed by atoms with Crippen LogP contribution in [0, 0.1) is 0 Å². The summed E-state index contributed by atoms with van der Waals surface area (Å²) >= 11 is 0. The van der Waals surface area contributed by atoms with Crippen molar-refractivity contribution in [3.63, 3.8) is 0 Å². The second-order valence-corrected chi connectivity index (χ2v) is 5.12. The molecule has 0 aliphatic rings. The fraction of sp³-hybridized carbons (Fsp3) is 0.538. The van der Waals surface area contributed by atoms with Crippen LogP contribution in [0.1, 0.15) is 32.8 Å². The van der Waals surface area contributed by atoms with Gasteiger partial charge >= 0.3 is 6.18 Å².